The molecule has 0 aliphatic carbocycles. The molecule has 0 bridgehead atoms. The van der Waals surface area contributed by atoms with Gasteiger partial charge in [0.1, 0.15) is 0 Å². The van der Waals surface area contributed by atoms with E-state index in [0.717, 1.165) is 0 Å². The van der Waals surface area contributed by atoms with Gasteiger partial charge in [-0.15, -0.1) is 0 Å². The Hall–Kier alpha value is -1.73. The average Bonchev–Trinajstić information content (AvgIpc) is 2.12. The summed E-state index contributed by atoms with van der Waals surface area (Å²) in [4.78, 5) is 3.75. The molecule has 0 atom stereocenters. The molecule has 0 radical (unpaired) electrons. The maximum absolute atomic E-state index is 9.18. The Kier molecular flexibility index (Phi) is 3.12. The lowest BCUT2D eigenvalue weighted by Gasteiger charge is -1.96. The van der Waals surface area contributed by atoms with Crippen LogP contribution in [0.5, 0.6) is 5.75 Å². The van der Waals surface area contributed by atoms with Crippen LogP contribution in [0.15, 0.2) is 12.3 Å². The van der Waals surface area contributed by atoms with E-state index >= 15 is 0 Å². The van der Waals surface area contributed by atoms with Gasteiger partial charge in [-0.25, -0.2) is 4.98 Å². The number of hydrogen-bond donors (Lipinski definition) is 3. The quantitative estimate of drug-likeness (QED) is 0.530. The Morgan fingerprint density at radius 3 is 2.92 bits per heavy atom. The minimum Gasteiger partial charge on any atom is -0.504 e. The summed E-state index contributed by atoms with van der Waals surface area (Å²) in [5, 5.41) is 9.18. The Morgan fingerprint density at radius 2 is 2.31 bits per heavy atom. The molecule has 0 aliphatic heterocycles. The SMILES string of the molecule is NCCC#Cc1cnc(N)c(O)c1. The fourth-order valence-electron chi connectivity index (χ4n) is 0.769. The van der Waals surface area contributed by atoms with Crippen molar-refractivity contribution >= 4 is 5.82 Å². The minimum absolute atomic E-state index is 0.0421. The van der Waals surface area contributed by atoms with Gasteiger partial charge in [0.05, 0.1) is 0 Å². The van der Waals surface area contributed by atoms with E-state index in [0.29, 0.717) is 18.5 Å². The van der Waals surface area contributed by atoms with Crippen LogP contribution in [0.3, 0.4) is 0 Å². The van der Waals surface area contributed by atoms with Crippen LogP contribution in [0.25, 0.3) is 0 Å². The first-order chi connectivity index (χ1) is 6.24. The van der Waals surface area contributed by atoms with E-state index in [2.05, 4.69) is 16.8 Å². The van der Waals surface area contributed by atoms with E-state index in [9.17, 15) is 5.11 Å². The number of aromatic nitrogens is 1. The van der Waals surface area contributed by atoms with E-state index in [4.69, 9.17) is 11.5 Å². The molecule has 1 rings (SSSR count). The number of aromatic hydroxyl groups is 1. The molecule has 0 fully saturated rings. The fraction of sp³-hybridized carbons (Fsp3) is 0.222. The number of pyridine rings is 1. The number of anilines is 1. The molecule has 1 aromatic heterocycles. The smallest absolute Gasteiger partial charge is 0.165 e. The minimum atomic E-state index is -0.0421. The third kappa shape index (κ3) is 2.65. The van der Waals surface area contributed by atoms with Crippen LogP contribution < -0.4 is 11.5 Å². The van der Waals surface area contributed by atoms with Gasteiger partial charge in [0.15, 0.2) is 11.6 Å². The molecule has 1 aromatic rings. The summed E-state index contributed by atoms with van der Waals surface area (Å²) < 4.78 is 0. The molecule has 0 saturated carbocycles. The van der Waals surface area contributed by atoms with E-state index in [1.165, 1.54) is 12.3 Å². The molecule has 0 spiro atoms. The normalized spacial score (nSPS) is 9.00. The largest absolute Gasteiger partial charge is 0.504 e. The summed E-state index contributed by atoms with van der Waals surface area (Å²) in [5.41, 5.74) is 11.2. The van der Waals surface area contributed by atoms with Gasteiger partial charge in [-0.1, -0.05) is 11.8 Å². The van der Waals surface area contributed by atoms with Crippen LogP contribution in [-0.4, -0.2) is 16.6 Å². The molecule has 5 N–H and O–H groups in total. The summed E-state index contributed by atoms with van der Waals surface area (Å²) in [6, 6.07) is 1.48. The number of nitrogens with zero attached hydrogens (tertiary/aromatic N) is 1. The summed E-state index contributed by atoms with van der Waals surface area (Å²) in [6.07, 6.45) is 2.14. The van der Waals surface area contributed by atoms with Gasteiger partial charge in [-0.3, -0.25) is 0 Å². The van der Waals surface area contributed by atoms with Crippen molar-refractivity contribution in [1.29, 1.82) is 0 Å². The van der Waals surface area contributed by atoms with Crippen LogP contribution in [-0.2, 0) is 0 Å². The molecule has 0 unspecified atom stereocenters. The highest BCUT2D eigenvalue weighted by molar-refractivity contribution is 5.49. The Labute approximate surface area is 76.6 Å². The van der Waals surface area contributed by atoms with Gasteiger partial charge in [-0.2, -0.15) is 0 Å². The third-order valence-corrected chi connectivity index (χ3v) is 1.40. The molecular weight excluding hydrogens is 166 g/mol. The first kappa shape index (κ1) is 9.36. The monoisotopic (exact) mass is 177 g/mol. The zero-order chi connectivity index (χ0) is 9.68. The molecule has 0 saturated heterocycles. The first-order valence-corrected chi connectivity index (χ1v) is 3.87. The standard InChI is InChI=1S/C9H11N3O/c10-4-2-1-3-7-5-8(13)9(11)12-6-7/h5-6,13H,2,4,10H2,(H2,11,12). The topological polar surface area (TPSA) is 85.2 Å². The predicted molar refractivity (Wildman–Crippen MR) is 50.9 cm³/mol. The first-order valence-electron chi connectivity index (χ1n) is 3.87. The van der Waals surface area contributed by atoms with Crippen LogP contribution in [0.2, 0.25) is 0 Å². The lowest BCUT2D eigenvalue weighted by Crippen LogP contribution is -1.95. The maximum atomic E-state index is 9.18. The lowest BCUT2D eigenvalue weighted by molar-refractivity contribution is 0.475. The highest BCUT2D eigenvalue weighted by Gasteiger charge is 1.96. The van der Waals surface area contributed by atoms with Crippen molar-refractivity contribution in [2.45, 2.75) is 6.42 Å². The highest BCUT2D eigenvalue weighted by atomic mass is 16.3. The van der Waals surface area contributed by atoms with Gasteiger partial charge in [-0.05, 0) is 0 Å². The van der Waals surface area contributed by atoms with Crippen molar-refractivity contribution in [3.63, 3.8) is 0 Å². The van der Waals surface area contributed by atoms with Crippen molar-refractivity contribution in [1.82, 2.24) is 4.98 Å². The summed E-state index contributed by atoms with van der Waals surface area (Å²) in [7, 11) is 0. The van der Waals surface area contributed by atoms with Gasteiger partial charge in [0.25, 0.3) is 0 Å². The van der Waals surface area contributed by atoms with Crippen LogP contribution in [0.4, 0.5) is 5.82 Å². The average molecular weight is 177 g/mol. The van der Waals surface area contributed by atoms with Gasteiger partial charge in [0.2, 0.25) is 0 Å². The Morgan fingerprint density at radius 1 is 1.54 bits per heavy atom. The second kappa shape index (κ2) is 4.33. The van der Waals surface area contributed by atoms with Gasteiger partial charge >= 0.3 is 0 Å². The second-order valence-electron chi connectivity index (χ2n) is 2.47. The molecule has 0 amide bonds. The molecule has 4 heteroatoms. The van der Waals surface area contributed by atoms with Crippen LogP contribution in [0.1, 0.15) is 12.0 Å². The Bertz CT molecular complexity index is 352. The summed E-state index contributed by atoms with van der Waals surface area (Å²) in [6.45, 7) is 0.529. The van der Waals surface area contributed by atoms with E-state index < -0.39 is 0 Å². The summed E-state index contributed by atoms with van der Waals surface area (Å²) in [5.74, 6) is 5.71. The van der Waals surface area contributed by atoms with E-state index in [1.807, 2.05) is 0 Å². The number of hydrogen-bond acceptors (Lipinski definition) is 4. The molecular formula is C9H11N3O. The highest BCUT2D eigenvalue weighted by Crippen LogP contribution is 2.16. The predicted octanol–water partition coefficient (Wildman–Crippen LogP) is 0.0697. The van der Waals surface area contributed by atoms with Crippen molar-refractivity contribution in [2.75, 3.05) is 12.3 Å². The lowest BCUT2D eigenvalue weighted by atomic mass is 10.2. The van der Waals surface area contributed by atoms with Crippen molar-refractivity contribution in [3.05, 3.63) is 17.8 Å². The number of rotatable bonds is 1. The third-order valence-electron chi connectivity index (χ3n) is 1.40. The molecule has 0 aromatic carbocycles. The molecule has 1 heterocycles. The molecule has 13 heavy (non-hydrogen) atoms. The molecule has 4 nitrogen and oxygen atoms in total. The molecule has 0 aliphatic rings. The molecule has 68 valence electrons. The van der Waals surface area contributed by atoms with Crippen molar-refractivity contribution in [3.8, 4) is 17.6 Å². The summed E-state index contributed by atoms with van der Waals surface area (Å²) >= 11 is 0. The number of nitrogens with two attached hydrogens (primary N) is 2. The van der Waals surface area contributed by atoms with E-state index in [1.54, 1.807) is 0 Å². The maximum Gasteiger partial charge on any atom is 0.165 e. The van der Waals surface area contributed by atoms with Crippen LogP contribution >= 0.6 is 0 Å². The Balaban J connectivity index is 2.81. The zero-order valence-corrected chi connectivity index (χ0v) is 7.12. The zero-order valence-electron chi connectivity index (χ0n) is 7.12. The van der Waals surface area contributed by atoms with E-state index in [-0.39, 0.29) is 11.6 Å². The van der Waals surface area contributed by atoms with Gasteiger partial charge < -0.3 is 16.6 Å². The number of nitrogen functional groups attached to an aromatic ring is 1. The van der Waals surface area contributed by atoms with Crippen LogP contribution in [0, 0.1) is 11.8 Å². The van der Waals surface area contributed by atoms with Crippen molar-refractivity contribution in [2.24, 2.45) is 5.73 Å². The van der Waals surface area contributed by atoms with Gasteiger partial charge in [0, 0.05) is 30.8 Å². The fourth-order valence-corrected chi connectivity index (χ4v) is 0.769. The van der Waals surface area contributed by atoms with Crippen molar-refractivity contribution < 1.29 is 5.11 Å². The second-order valence-corrected chi connectivity index (χ2v) is 2.47.